The van der Waals surface area contributed by atoms with Crippen molar-refractivity contribution in [2.45, 2.75) is 56.5 Å². The summed E-state index contributed by atoms with van der Waals surface area (Å²) in [5, 5.41) is 3.44. The van der Waals surface area contributed by atoms with E-state index in [0.29, 0.717) is 10.3 Å². The maximum atomic E-state index is 12.4. The largest absolute Gasteiger partial charge is 0.309 e. The zero-order valence-corrected chi connectivity index (χ0v) is 15.3. The lowest BCUT2D eigenvalue weighted by Crippen LogP contribution is -2.33. The predicted molar refractivity (Wildman–Crippen MR) is 91.7 cm³/mol. The first kappa shape index (κ1) is 17.3. The predicted octanol–water partition coefficient (Wildman–Crippen LogP) is 2.73. The molecule has 1 aromatic heterocycles. The first-order chi connectivity index (χ1) is 9.92. The molecule has 4 nitrogen and oxygen atoms in total. The molecule has 0 radical (unpaired) electrons. The summed E-state index contributed by atoms with van der Waals surface area (Å²) in [7, 11) is -3.39. The lowest BCUT2D eigenvalue weighted by molar-refractivity contribution is 0.573. The number of hydrogen-bond acceptors (Lipinski definition) is 5. The van der Waals surface area contributed by atoms with Crippen LogP contribution in [0, 0.1) is 6.92 Å². The standard InChI is InChI=1S/C14H24N2O2S3/c1-4-19-9-11(3)16-21(17,18)14-7-10(2)13(20-14)8-15-12-5-6-12/h7,11-12,15-16H,4-6,8-9H2,1-3H3. The monoisotopic (exact) mass is 348 g/mol. The summed E-state index contributed by atoms with van der Waals surface area (Å²) in [5.74, 6) is 1.80. The quantitative estimate of drug-likeness (QED) is 0.720. The van der Waals surface area contributed by atoms with E-state index in [4.69, 9.17) is 0 Å². The van der Waals surface area contributed by atoms with Gasteiger partial charge in [0.2, 0.25) is 10.0 Å². The van der Waals surface area contributed by atoms with Crippen molar-refractivity contribution in [1.29, 1.82) is 0 Å². The Labute approximate surface area is 136 Å². The third kappa shape index (κ3) is 5.25. The molecule has 1 unspecified atom stereocenters. The summed E-state index contributed by atoms with van der Waals surface area (Å²) in [5.41, 5.74) is 1.06. The van der Waals surface area contributed by atoms with E-state index in [1.165, 1.54) is 24.2 Å². The Morgan fingerprint density at radius 3 is 2.81 bits per heavy atom. The number of hydrogen-bond donors (Lipinski definition) is 2. The van der Waals surface area contributed by atoms with Crippen LogP contribution in [0.4, 0.5) is 0 Å². The maximum absolute atomic E-state index is 12.4. The van der Waals surface area contributed by atoms with Gasteiger partial charge in [-0.2, -0.15) is 11.8 Å². The van der Waals surface area contributed by atoms with Crippen molar-refractivity contribution in [3.8, 4) is 0 Å². The van der Waals surface area contributed by atoms with E-state index in [0.717, 1.165) is 28.5 Å². The average molecular weight is 349 g/mol. The van der Waals surface area contributed by atoms with Crippen molar-refractivity contribution in [1.82, 2.24) is 10.0 Å². The Balaban J connectivity index is 1.99. The van der Waals surface area contributed by atoms with Gasteiger partial charge in [0.05, 0.1) is 0 Å². The van der Waals surface area contributed by atoms with Crippen LogP contribution >= 0.6 is 23.1 Å². The van der Waals surface area contributed by atoms with E-state index in [-0.39, 0.29) is 6.04 Å². The molecule has 1 heterocycles. The fraction of sp³-hybridized carbons (Fsp3) is 0.714. The van der Waals surface area contributed by atoms with Crippen LogP contribution in [-0.2, 0) is 16.6 Å². The van der Waals surface area contributed by atoms with Crippen molar-refractivity contribution < 1.29 is 8.42 Å². The average Bonchev–Trinajstić information content (AvgIpc) is 3.16. The van der Waals surface area contributed by atoms with Crippen LogP contribution < -0.4 is 10.0 Å². The smallest absolute Gasteiger partial charge is 0.250 e. The number of thiophene rings is 1. The lowest BCUT2D eigenvalue weighted by atomic mass is 10.3. The summed E-state index contributed by atoms with van der Waals surface area (Å²) >= 11 is 3.13. The second kappa shape index (κ2) is 7.46. The minimum Gasteiger partial charge on any atom is -0.309 e. The molecule has 0 spiro atoms. The van der Waals surface area contributed by atoms with Crippen molar-refractivity contribution in [3.05, 3.63) is 16.5 Å². The highest BCUT2D eigenvalue weighted by Crippen LogP contribution is 2.27. The Bertz CT molecular complexity index is 565. The second-order valence-corrected chi connectivity index (χ2v) is 9.91. The molecule has 2 N–H and O–H groups in total. The molecule has 1 saturated carbocycles. The van der Waals surface area contributed by atoms with Gasteiger partial charge < -0.3 is 5.32 Å². The van der Waals surface area contributed by atoms with Crippen molar-refractivity contribution in [3.63, 3.8) is 0 Å². The molecule has 0 aromatic carbocycles. The lowest BCUT2D eigenvalue weighted by Gasteiger charge is -2.12. The summed E-state index contributed by atoms with van der Waals surface area (Å²) in [4.78, 5) is 1.12. The Hall–Kier alpha value is -0.0800. The van der Waals surface area contributed by atoms with Gasteiger partial charge in [0.15, 0.2) is 0 Å². The molecule has 120 valence electrons. The van der Waals surface area contributed by atoms with Gasteiger partial charge in [0, 0.05) is 29.3 Å². The fourth-order valence-corrected chi connectivity index (χ4v) is 5.55. The van der Waals surface area contributed by atoms with E-state index in [1.807, 2.05) is 13.8 Å². The number of rotatable bonds is 9. The zero-order valence-electron chi connectivity index (χ0n) is 12.8. The zero-order chi connectivity index (χ0) is 15.5. The normalized spacial score (nSPS) is 17.1. The Morgan fingerprint density at radius 2 is 2.19 bits per heavy atom. The Morgan fingerprint density at radius 1 is 1.48 bits per heavy atom. The molecule has 1 aromatic rings. The summed E-state index contributed by atoms with van der Waals surface area (Å²) < 4.78 is 28.0. The van der Waals surface area contributed by atoms with E-state index < -0.39 is 10.0 Å². The first-order valence-corrected chi connectivity index (χ1v) is 10.8. The molecular weight excluding hydrogens is 324 g/mol. The third-order valence-corrected chi connectivity index (χ3v) is 7.76. The van der Waals surface area contributed by atoms with Gasteiger partial charge in [-0.3, -0.25) is 0 Å². The van der Waals surface area contributed by atoms with Gasteiger partial charge in [-0.15, -0.1) is 11.3 Å². The summed E-state index contributed by atoms with van der Waals surface area (Å²) in [6.07, 6.45) is 2.48. The molecule has 0 aliphatic heterocycles. The fourth-order valence-electron chi connectivity index (χ4n) is 1.97. The highest BCUT2D eigenvalue weighted by atomic mass is 32.2. The van der Waals surface area contributed by atoms with Crippen LogP contribution in [0.3, 0.4) is 0 Å². The van der Waals surface area contributed by atoms with Crippen LogP contribution in [-0.4, -0.2) is 32.0 Å². The number of nitrogens with one attached hydrogen (secondary N) is 2. The second-order valence-electron chi connectivity index (χ2n) is 5.51. The molecular formula is C14H24N2O2S3. The molecule has 1 aliphatic rings. The van der Waals surface area contributed by atoms with Gasteiger partial charge in [0.1, 0.15) is 4.21 Å². The van der Waals surface area contributed by atoms with Crippen molar-refractivity contribution in [2.24, 2.45) is 0 Å². The molecule has 0 bridgehead atoms. The van der Waals surface area contributed by atoms with Gasteiger partial charge in [-0.05, 0) is 44.1 Å². The Kier molecular flexibility index (Phi) is 6.14. The highest BCUT2D eigenvalue weighted by molar-refractivity contribution is 7.99. The van der Waals surface area contributed by atoms with Crippen LogP contribution in [0.5, 0.6) is 0 Å². The van der Waals surface area contributed by atoms with E-state index in [9.17, 15) is 8.42 Å². The molecule has 0 saturated heterocycles. The van der Waals surface area contributed by atoms with Crippen molar-refractivity contribution in [2.75, 3.05) is 11.5 Å². The molecule has 2 rings (SSSR count). The van der Waals surface area contributed by atoms with E-state index >= 15 is 0 Å². The SMILES string of the molecule is CCSCC(C)NS(=O)(=O)c1cc(C)c(CNC2CC2)s1. The van der Waals surface area contributed by atoms with Gasteiger partial charge in [-0.1, -0.05) is 6.92 Å². The van der Waals surface area contributed by atoms with Gasteiger partial charge in [-0.25, -0.2) is 13.1 Å². The minimum atomic E-state index is -3.39. The third-order valence-electron chi connectivity index (χ3n) is 3.32. The van der Waals surface area contributed by atoms with Crippen LogP contribution in [0.25, 0.3) is 0 Å². The number of sulfonamides is 1. The first-order valence-electron chi connectivity index (χ1n) is 7.35. The summed E-state index contributed by atoms with van der Waals surface area (Å²) in [6, 6.07) is 2.38. The summed E-state index contributed by atoms with van der Waals surface area (Å²) in [6.45, 7) is 6.75. The molecule has 1 atom stereocenters. The van der Waals surface area contributed by atoms with Gasteiger partial charge >= 0.3 is 0 Å². The maximum Gasteiger partial charge on any atom is 0.250 e. The topological polar surface area (TPSA) is 58.2 Å². The highest BCUT2D eigenvalue weighted by Gasteiger charge is 2.23. The van der Waals surface area contributed by atoms with Crippen LogP contribution in [0.2, 0.25) is 0 Å². The minimum absolute atomic E-state index is 0.0459. The van der Waals surface area contributed by atoms with E-state index in [1.54, 1.807) is 17.8 Å². The molecule has 0 amide bonds. The molecule has 1 aliphatic carbocycles. The van der Waals surface area contributed by atoms with E-state index in [2.05, 4.69) is 17.0 Å². The van der Waals surface area contributed by atoms with Crippen LogP contribution in [0.15, 0.2) is 10.3 Å². The molecule has 21 heavy (non-hydrogen) atoms. The number of aryl methyl sites for hydroxylation is 1. The number of thioether (sulfide) groups is 1. The van der Waals surface area contributed by atoms with Gasteiger partial charge in [0.25, 0.3) is 0 Å². The molecule has 1 fully saturated rings. The molecule has 7 heteroatoms. The van der Waals surface area contributed by atoms with Crippen molar-refractivity contribution >= 4 is 33.1 Å². The van der Waals surface area contributed by atoms with Crippen LogP contribution in [0.1, 0.15) is 37.1 Å².